The van der Waals surface area contributed by atoms with Gasteiger partial charge in [-0.05, 0) is 54.4 Å². The minimum absolute atomic E-state index is 0.149. The predicted molar refractivity (Wildman–Crippen MR) is 79.4 cm³/mol. The normalized spacial score (nSPS) is 11.1. The summed E-state index contributed by atoms with van der Waals surface area (Å²) in [4.78, 5) is 24.0. The molecule has 0 saturated carbocycles. The average molecular weight is 361 g/mol. The molecule has 0 aliphatic rings. The van der Waals surface area contributed by atoms with Gasteiger partial charge in [0.05, 0.1) is 11.1 Å². The summed E-state index contributed by atoms with van der Waals surface area (Å²) in [6, 6.07) is 3.66. The average Bonchev–Trinajstić information content (AvgIpc) is 2.41. The molecule has 1 aromatic rings. The highest BCUT2D eigenvalue weighted by atomic mass is 79.9. The molecule has 0 spiro atoms. The summed E-state index contributed by atoms with van der Waals surface area (Å²) in [5.41, 5.74) is -1.43. The molecule has 1 rings (SSSR count). The van der Waals surface area contributed by atoms with Crippen LogP contribution in [-0.4, -0.2) is 18.5 Å². The molecule has 4 nitrogen and oxygen atoms in total. The fourth-order valence-electron chi connectivity index (χ4n) is 1.36. The molecule has 0 aliphatic heterocycles. The van der Waals surface area contributed by atoms with Gasteiger partial charge >= 0.3 is 11.9 Å². The molecular formula is C15H18BrFO4. The second-order valence-electron chi connectivity index (χ2n) is 5.08. The lowest BCUT2D eigenvalue weighted by atomic mass is 9.94. The Balaban J connectivity index is 2.74. The second kappa shape index (κ2) is 7.54. The molecule has 116 valence electrons. The second-order valence-corrected chi connectivity index (χ2v) is 5.93. The van der Waals surface area contributed by atoms with Gasteiger partial charge in [0.1, 0.15) is 11.6 Å². The van der Waals surface area contributed by atoms with Crippen molar-refractivity contribution >= 4 is 27.9 Å². The summed E-state index contributed by atoms with van der Waals surface area (Å²) < 4.78 is 23.5. The van der Waals surface area contributed by atoms with Gasteiger partial charge in [0.15, 0.2) is 5.41 Å². The van der Waals surface area contributed by atoms with E-state index in [-0.39, 0.29) is 12.4 Å². The Bertz CT molecular complexity index is 528. The van der Waals surface area contributed by atoms with Gasteiger partial charge in [-0.2, -0.15) is 0 Å². The van der Waals surface area contributed by atoms with Gasteiger partial charge in [0, 0.05) is 0 Å². The lowest BCUT2D eigenvalue weighted by Crippen LogP contribution is -2.38. The van der Waals surface area contributed by atoms with Crippen molar-refractivity contribution in [2.45, 2.75) is 33.6 Å². The number of ether oxygens (including phenoxy) is 2. The maximum Gasteiger partial charge on any atom is 0.328 e. The van der Waals surface area contributed by atoms with E-state index in [0.717, 1.165) is 12.8 Å². The maximum atomic E-state index is 13.0. The SMILES string of the molecule is CCCCOC(=O)C(C)(C)C(=O)Oc1ccc(F)cc1Br. The van der Waals surface area contributed by atoms with Gasteiger partial charge in [0.25, 0.3) is 0 Å². The van der Waals surface area contributed by atoms with Gasteiger partial charge in [-0.3, -0.25) is 9.59 Å². The first-order valence-electron chi connectivity index (χ1n) is 6.63. The van der Waals surface area contributed by atoms with Crippen LogP contribution in [0.3, 0.4) is 0 Å². The Kier molecular flexibility index (Phi) is 6.33. The maximum absolute atomic E-state index is 13.0. The molecule has 0 aromatic heterocycles. The smallest absolute Gasteiger partial charge is 0.328 e. The Morgan fingerprint density at radius 3 is 2.52 bits per heavy atom. The Hall–Kier alpha value is -1.43. The molecule has 0 radical (unpaired) electrons. The van der Waals surface area contributed by atoms with Crippen molar-refractivity contribution in [2.24, 2.45) is 5.41 Å². The van der Waals surface area contributed by atoms with Crippen LogP contribution in [0.5, 0.6) is 5.75 Å². The van der Waals surface area contributed by atoms with Crippen molar-refractivity contribution in [2.75, 3.05) is 6.61 Å². The van der Waals surface area contributed by atoms with E-state index >= 15 is 0 Å². The zero-order chi connectivity index (χ0) is 16.0. The van der Waals surface area contributed by atoms with E-state index < -0.39 is 23.2 Å². The first-order chi connectivity index (χ1) is 9.78. The molecule has 0 saturated heterocycles. The first-order valence-corrected chi connectivity index (χ1v) is 7.43. The fraction of sp³-hybridized carbons (Fsp3) is 0.467. The number of esters is 2. The zero-order valence-electron chi connectivity index (χ0n) is 12.2. The van der Waals surface area contributed by atoms with Crippen molar-refractivity contribution < 1.29 is 23.5 Å². The van der Waals surface area contributed by atoms with Crippen molar-refractivity contribution in [3.63, 3.8) is 0 Å². The minimum atomic E-state index is -1.43. The summed E-state index contributed by atoms with van der Waals surface area (Å²) in [5, 5.41) is 0. The highest BCUT2D eigenvalue weighted by Crippen LogP contribution is 2.28. The summed E-state index contributed by atoms with van der Waals surface area (Å²) in [5.74, 6) is -1.70. The van der Waals surface area contributed by atoms with Crippen LogP contribution in [0.1, 0.15) is 33.6 Å². The molecule has 21 heavy (non-hydrogen) atoms. The fourth-order valence-corrected chi connectivity index (χ4v) is 1.79. The van der Waals surface area contributed by atoms with E-state index in [1.54, 1.807) is 0 Å². The summed E-state index contributed by atoms with van der Waals surface area (Å²) >= 11 is 3.10. The third-order valence-electron chi connectivity index (χ3n) is 2.85. The predicted octanol–water partition coefficient (Wildman–Crippen LogP) is 3.86. The minimum Gasteiger partial charge on any atom is -0.465 e. The first kappa shape index (κ1) is 17.6. The molecule has 0 N–H and O–H groups in total. The topological polar surface area (TPSA) is 52.6 Å². The molecular weight excluding hydrogens is 343 g/mol. The van der Waals surface area contributed by atoms with E-state index in [4.69, 9.17) is 9.47 Å². The van der Waals surface area contributed by atoms with Crippen LogP contribution in [0.2, 0.25) is 0 Å². The van der Waals surface area contributed by atoms with Crippen LogP contribution in [-0.2, 0) is 14.3 Å². The molecule has 0 fully saturated rings. The summed E-state index contributed by atoms with van der Waals surface area (Å²) in [6.45, 7) is 5.10. The Labute approximate surface area is 131 Å². The number of hydrogen-bond acceptors (Lipinski definition) is 4. The van der Waals surface area contributed by atoms with Crippen LogP contribution in [0.4, 0.5) is 4.39 Å². The van der Waals surface area contributed by atoms with E-state index in [0.29, 0.717) is 4.47 Å². The molecule has 0 heterocycles. The number of hydrogen-bond donors (Lipinski definition) is 0. The van der Waals surface area contributed by atoms with Crippen molar-refractivity contribution in [1.29, 1.82) is 0 Å². The molecule has 0 atom stereocenters. The van der Waals surface area contributed by atoms with Gasteiger partial charge in [0.2, 0.25) is 0 Å². The van der Waals surface area contributed by atoms with Crippen LogP contribution in [0, 0.1) is 11.2 Å². The van der Waals surface area contributed by atoms with Gasteiger partial charge in [-0.15, -0.1) is 0 Å². The van der Waals surface area contributed by atoms with Crippen molar-refractivity contribution in [3.8, 4) is 5.75 Å². The third kappa shape index (κ3) is 4.81. The Morgan fingerprint density at radius 2 is 1.95 bits per heavy atom. The number of unbranched alkanes of at least 4 members (excludes halogenated alkanes) is 1. The van der Waals surface area contributed by atoms with Gasteiger partial charge in [-0.25, -0.2) is 4.39 Å². The standard InChI is InChI=1S/C15H18BrFO4/c1-4-5-8-20-13(18)15(2,3)14(19)21-12-7-6-10(17)9-11(12)16/h6-7,9H,4-5,8H2,1-3H3. The molecule has 0 bridgehead atoms. The number of halogens is 2. The van der Waals surface area contributed by atoms with Gasteiger partial charge in [-0.1, -0.05) is 13.3 Å². The molecule has 0 unspecified atom stereocenters. The van der Waals surface area contributed by atoms with E-state index in [1.807, 2.05) is 6.92 Å². The van der Waals surface area contributed by atoms with E-state index in [9.17, 15) is 14.0 Å². The molecule has 1 aromatic carbocycles. The van der Waals surface area contributed by atoms with Crippen LogP contribution < -0.4 is 4.74 Å². The largest absolute Gasteiger partial charge is 0.465 e. The lowest BCUT2D eigenvalue weighted by molar-refractivity contribution is -0.164. The van der Waals surface area contributed by atoms with Gasteiger partial charge < -0.3 is 9.47 Å². The van der Waals surface area contributed by atoms with E-state index in [1.165, 1.54) is 32.0 Å². The third-order valence-corrected chi connectivity index (χ3v) is 3.47. The van der Waals surface area contributed by atoms with Crippen molar-refractivity contribution in [1.82, 2.24) is 0 Å². The number of rotatable bonds is 6. The Morgan fingerprint density at radius 1 is 1.29 bits per heavy atom. The van der Waals surface area contributed by atoms with Crippen LogP contribution in [0.25, 0.3) is 0 Å². The number of benzene rings is 1. The van der Waals surface area contributed by atoms with Crippen LogP contribution in [0.15, 0.2) is 22.7 Å². The number of carbonyl (C=O) groups excluding carboxylic acids is 2. The number of carbonyl (C=O) groups is 2. The van der Waals surface area contributed by atoms with Crippen molar-refractivity contribution in [3.05, 3.63) is 28.5 Å². The molecule has 0 aliphatic carbocycles. The van der Waals surface area contributed by atoms with E-state index in [2.05, 4.69) is 15.9 Å². The highest BCUT2D eigenvalue weighted by molar-refractivity contribution is 9.10. The summed E-state index contributed by atoms with van der Waals surface area (Å²) in [6.07, 6.45) is 1.63. The monoisotopic (exact) mass is 360 g/mol. The summed E-state index contributed by atoms with van der Waals surface area (Å²) in [7, 11) is 0. The molecule has 6 heteroatoms. The quantitative estimate of drug-likeness (QED) is 0.334. The highest BCUT2D eigenvalue weighted by Gasteiger charge is 2.40. The zero-order valence-corrected chi connectivity index (χ0v) is 13.8. The lowest BCUT2D eigenvalue weighted by Gasteiger charge is -2.21. The van der Waals surface area contributed by atoms with Crippen LogP contribution >= 0.6 is 15.9 Å². The molecule has 0 amide bonds.